The number of halogens is 1. The minimum absolute atomic E-state index is 0.261. The van der Waals surface area contributed by atoms with E-state index in [0.717, 1.165) is 17.4 Å². The second kappa shape index (κ2) is 7.24. The highest BCUT2D eigenvalue weighted by Gasteiger charge is 2.16. The maximum Gasteiger partial charge on any atom is 0.0579 e. The smallest absolute Gasteiger partial charge is 0.0579 e. The molecule has 2 rings (SSSR count). The molecule has 0 bridgehead atoms. The number of aryl methyl sites for hydroxylation is 3. The van der Waals surface area contributed by atoms with Crippen molar-refractivity contribution in [3.05, 3.63) is 68.7 Å². The standard InChI is InChI=1S/C19H24BrN/c1-5-10-21-19(16-7-6-13(2)14(3)11-16)18-9-8-17(20)12-15(18)4/h6-9,11-12,19,21H,5,10H2,1-4H3. The molecule has 1 unspecified atom stereocenters. The lowest BCUT2D eigenvalue weighted by atomic mass is 9.93. The SMILES string of the molecule is CCCNC(c1ccc(C)c(C)c1)c1ccc(Br)cc1C. The largest absolute Gasteiger partial charge is 0.306 e. The lowest BCUT2D eigenvalue weighted by molar-refractivity contribution is 0.596. The predicted octanol–water partition coefficient (Wildman–Crippen LogP) is 5.46. The Kier molecular flexibility index (Phi) is 5.60. The molecule has 0 aliphatic carbocycles. The van der Waals surface area contributed by atoms with E-state index in [1.807, 2.05) is 0 Å². The fourth-order valence-electron chi connectivity index (χ4n) is 2.60. The van der Waals surface area contributed by atoms with Crippen LogP contribution in [0.15, 0.2) is 40.9 Å². The molecule has 0 saturated heterocycles. The summed E-state index contributed by atoms with van der Waals surface area (Å²) in [5.41, 5.74) is 6.72. The van der Waals surface area contributed by atoms with Gasteiger partial charge in [0.15, 0.2) is 0 Å². The van der Waals surface area contributed by atoms with Crippen LogP contribution < -0.4 is 5.32 Å². The molecule has 0 aromatic heterocycles. The van der Waals surface area contributed by atoms with Crippen LogP contribution in [0.3, 0.4) is 0 Å². The number of hydrogen-bond acceptors (Lipinski definition) is 1. The first kappa shape index (κ1) is 16.3. The highest BCUT2D eigenvalue weighted by molar-refractivity contribution is 9.10. The zero-order chi connectivity index (χ0) is 15.4. The Bertz CT molecular complexity index is 619. The van der Waals surface area contributed by atoms with E-state index in [0.29, 0.717) is 0 Å². The first-order chi connectivity index (χ1) is 10.0. The summed E-state index contributed by atoms with van der Waals surface area (Å²) in [6.07, 6.45) is 1.14. The molecule has 112 valence electrons. The quantitative estimate of drug-likeness (QED) is 0.758. The first-order valence-electron chi connectivity index (χ1n) is 7.59. The molecular formula is C19H24BrN. The Morgan fingerprint density at radius 1 is 0.952 bits per heavy atom. The summed E-state index contributed by atoms with van der Waals surface area (Å²) in [5, 5.41) is 3.69. The second-order valence-electron chi connectivity index (χ2n) is 5.73. The van der Waals surface area contributed by atoms with Crippen molar-refractivity contribution in [1.29, 1.82) is 0 Å². The molecule has 0 amide bonds. The Labute approximate surface area is 136 Å². The van der Waals surface area contributed by atoms with Crippen LogP contribution in [0, 0.1) is 20.8 Å². The van der Waals surface area contributed by atoms with Crippen LogP contribution in [-0.2, 0) is 0 Å². The Morgan fingerprint density at radius 3 is 2.33 bits per heavy atom. The van der Waals surface area contributed by atoms with Crippen molar-refractivity contribution in [3.63, 3.8) is 0 Å². The van der Waals surface area contributed by atoms with E-state index in [1.165, 1.54) is 27.8 Å². The molecule has 0 aliphatic rings. The van der Waals surface area contributed by atoms with Gasteiger partial charge in [0.05, 0.1) is 6.04 Å². The zero-order valence-corrected chi connectivity index (χ0v) is 14.9. The van der Waals surface area contributed by atoms with E-state index >= 15 is 0 Å². The van der Waals surface area contributed by atoms with Gasteiger partial charge in [-0.1, -0.05) is 47.1 Å². The van der Waals surface area contributed by atoms with Crippen LogP contribution in [0.2, 0.25) is 0 Å². The summed E-state index contributed by atoms with van der Waals surface area (Å²) < 4.78 is 1.14. The van der Waals surface area contributed by atoms with Crippen LogP contribution >= 0.6 is 15.9 Å². The number of benzene rings is 2. The van der Waals surface area contributed by atoms with Crippen LogP contribution in [0.5, 0.6) is 0 Å². The van der Waals surface area contributed by atoms with Crippen molar-refractivity contribution >= 4 is 15.9 Å². The normalized spacial score (nSPS) is 12.4. The van der Waals surface area contributed by atoms with E-state index in [4.69, 9.17) is 0 Å². The van der Waals surface area contributed by atoms with Crippen molar-refractivity contribution in [2.24, 2.45) is 0 Å². The third-order valence-corrected chi connectivity index (χ3v) is 4.50. The summed E-state index contributed by atoms with van der Waals surface area (Å²) in [4.78, 5) is 0. The molecule has 1 atom stereocenters. The van der Waals surface area contributed by atoms with Gasteiger partial charge in [-0.05, 0) is 73.7 Å². The molecule has 0 spiro atoms. The molecule has 0 saturated carbocycles. The molecule has 2 aromatic rings. The summed E-state index contributed by atoms with van der Waals surface area (Å²) in [5.74, 6) is 0. The third kappa shape index (κ3) is 3.96. The molecule has 1 nitrogen and oxygen atoms in total. The highest BCUT2D eigenvalue weighted by Crippen LogP contribution is 2.28. The number of hydrogen-bond donors (Lipinski definition) is 1. The average molecular weight is 346 g/mol. The second-order valence-corrected chi connectivity index (χ2v) is 6.65. The van der Waals surface area contributed by atoms with Gasteiger partial charge < -0.3 is 5.32 Å². The summed E-state index contributed by atoms with van der Waals surface area (Å²) in [6.45, 7) is 9.76. The Hall–Kier alpha value is -1.12. The zero-order valence-electron chi connectivity index (χ0n) is 13.3. The van der Waals surface area contributed by atoms with E-state index in [9.17, 15) is 0 Å². The van der Waals surface area contributed by atoms with Crippen molar-refractivity contribution in [2.75, 3.05) is 6.54 Å². The molecule has 0 aliphatic heterocycles. The van der Waals surface area contributed by atoms with Crippen molar-refractivity contribution in [3.8, 4) is 0 Å². The lowest BCUT2D eigenvalue weighted by Gasteiger charge is -2.22. The monoisotopic (exact) mass is 345 g/mol. The first-order valence-corrected chi connectivity index (χ1v) is 8.38. The van der Waals surface area contributed by atoms with Gasteiger partial charge >= 0.3 is 0 Å². The van der Waals surface area contributed by atoms with Crippen LogP contribution in [0.4, 0.5) is 0 Å². The van der Waals surface area contributed by atoms with Gasteiger partial charge in [0.25, 0.3) is 0 Å². The maximum atomic E-state index is 3.69. The number of rotatable bonds is 5. The minimum Gasteiger partial charge on any atom is -0.306 e. The maximum absolute atomic E-state index is 3.69. The van der Waals surface area contributed by atoms with E-state index in [2.05, 4.69) is 85.3 Å². The van der Waals surface area contributed by atoms with Gasteiger partial charge in [-0.2, -0.15) is 0 Å². The molecule has 2 heteroatoms. The summed E-state index contributed by atoms with van der Waals surface area (Å²) in [6, 6.07) is 13.6. The van der Waals surface area contributed by atoms with Gasteiger partial charge in [0.2, 0.25) is 0 Å². The van der Waals surface area contributed by atoms with Gasteiger partial charge in [0.1, 0.15) is 0 Å². The lowest BCUT2D eigenvalue weighted by Crippen LogP contribution is -2.24. The fraction of sp³-hybridized carbons (Fsp3) is 0.368. The summed E-state index contributed by atoms with van der Waals surface area (Å²) in [7, 11) is 0. The van der Waals surface area contributed by atoms with Crippen molar-refractivity contribution < 1.29 is 0 Å². The number of nitrogens with one attached hydrogen (secondary N) is 1. The molecular weight excluding hydrogens is 322 g/mol. The van der Waals surface area contributed by atoms with Crippen LogP contribution in [-0.4, -0.2) is 6.54 Å². The van der Waals surface area contributed by atoms with Crippen molar-refractivity contribution in [1.82, 2.24) is 5.32 Å². The molecule has 0 heterocycles. The van der Waals surface area contributed by atoms with Gasteiger partial charge in [0, 0.05) is 4.47 Å². The molecule has 0 fully saturated rings. The van der Waals surface area contributed by atoms with Gasteiger partial charge in [-0.3, -0.25) is 0 Å². The van der Waals surface area contributed by atoms with E-state index in [-0.39, 0.29) is 6.04 Å². The Balaban J connectivity index is 2.44. The predicted molar refractivity (Wildman–Crippen MR) is 94.9 cm³/mol. The molecule has 0 radical (unpaired) electrons. The van der Waals surface area contributed by atoms with Crippen LogP contribution in [0.1, 0.15) is 47.2 Å². The van der Waals surface area contributed by atoms with E-state index < -0.39 is 0 Å². The topological polar surface area (TPSA) is 12.0 Å². The van der Waals surface area contributed by atoms with Crippen molar-refractivity contribution in [2.45, 2.75) is 40.2 Å². The Morgan fingerprint density at radius 2 is 1.71 bits per heavy atom. The van der Waals surface area contributed by atoms with Crippen LogP contribution in [0.25, 0.3) is 0 Å². The molecule has 2 aromatic carbocycles. The van der Waals surface area contributed by atoms with Gasteiger partial charge in [-0.15, -0.1) is 0 Å². The fourth-order valence-corrected chi connectivity index (χ4v) is 3.08. The third-order valence-electron chi connectivity index (χ3n) is 4.01. The van der Waals surface area contributed by atoms with Gasteiger partial charge in [-0.25, -0.2) is 0 Å². The molecule has 1 N–H and O–H groups in total. The minimum atomic E-state index is 0.261. The van der Waals surface area contributed by atoms with E-state index in [1.54, 1.807) is 0 Å². The highest BCUT2D eigenvalue weighted by atomic mass is 79.9. The molecule has 21 heavy (non-hydrogen) atoms. The summed E-state index contributed by atoms with van der Waals surface area (Å²) >= 11 is 3.56. The average Bonchev–Trinajstić information content (AvgIpc) is 2.44.